The van der Waals surface area contributed by atoms with Crippen LogP contribution in [0.15, 0.2) is 45.7 Å². The van der Waals surface area contributed by atoms with Crippen LogP contribution in [0.25, 0.3) is 0 Å². The highest BCUT2D eigenvalue weighted by atomic mass is 32.2. The molecular weight excluding hydrogens is 334 g/mol. The second kappa shape index (κ2) is 7.31. The van der Waals surface area contributed by atoms with Gasteiger partial charge in [0.2, 0.25) is 5.76 Å². The van der Waals surface area contributed by atoms with E-state index in [4.69, 9.17) is 9.52 Å². The first kappa shape index (κ1) is 17.7. The highest BCUT2D eigenvalue weighted by Crippen LogP contribution is 2.18. The number of aromatic carboxylic acids is 1. The molecule has 0 saturated carbocycles. The highest BCUT2D eigenvalue weighted by molar-refractivity contribution is 7.91. The third kappa shape index (κ3) is 4.02. The van der Waals surface area contributed by atoms with Crippen LogP contribution in [-0.4, -0.2) is 31.2 Å². The summed E-state index contributed by atoms with van der Waals surface area (Å²) in [4.78, 5) is 23.0. The maximum absolute atomic E-state index is 12.3. The van der Waals surface area contributed by atoms with Gasteiger partial charge < -0.3 is 14.8 Å². The first-order chi connectivity index (χ1) is 11.3. The SMILES string of the molecule is CCCS(=O)(=O)c1ccccc1C(=O)NCc1ccc(C(=O)O)o1. The van der Waals surface area contributed by atoms with Gasteiger partial charge in [-0.25, -0.2) is 13.2 Å². The highest BCUT2D eigenvalue weighted by Gasteiger charge is 2.21. The number of sulfone groups is 1. The Morgan fingerprint density at radius 2 is 1.88 bits per heavy atom. The standard InChI is InChI=1S/C16H17NO6S/c1-2-9-24(21,22)14-6-4-3-5-12(14)15(18)17-10-11-7-8-13(23-11)16(19)20/h3-8H,2,9-10H2,1H3,(H,17,18)(H,19,20). The molecule has 0 bridgehead atoms. The summed E-state index contributed by atoms with van der Waals surface area (Å²) in [7, 11) is -3.54. The van der Waals surface area contributed by atoms with E-state index in [2.05, 4.69) is 5.32 Å². The Morgan fingerprint density at radius 1 is 1.17 bits per heavy atom. The number of rotatable bonds is 7. The summed E-state index contributed by atoms with van der Waals surface area (Å²) in [5, 5.41) is 11.3. The van der Waals surface area contributed by atoms with Gasteiger partial charge in [-0.05, 0) is 30.7 Å². The van der Waals surface area contributed by atoms with Crippen LogP contribution in [0.2, 0.25) is 0 Å². The quantitative estimate of drug-likeness (QED) is 0.789. The van der Waals surface area contributed by atoms with Crippen molar-refractivity contribution in [1.82, 2.24) is 5.32 Å². The van der Waals surface area contributed by atoms with E-state index in [1.165, 1.54) is 24.3 Å². The number of furan rings is 1. The van der Waals surface area contributed by atoms with Crippen LogP contribution >= 0.6 is 0 Å². The number of carbonyl (C=O) groups excluding carboxylic acids is 1. The molecule has 0 saturated heterocycles. The van der Waals surface area contributed by atoms with Crippen molar-refractivity contribution < 1.29 is 27.5 Å². The zero-order valence-electron chi connectivity index (χ0n) is 13.0. The van der Waals surface area contributed by atoms with Crippen molar-refractivity contribution in [2.24, 2.45) is 0 Å². The molecule has 2 aromatic rings. The molecule has 0 aliphatic heterocycles. The minimum Gasteiger partial charge on any atom is -0.475 e. The van der Waals surface area contributed by atoms with Gasteiger partial charge in [0.05, 0.1) is 22.8 Å². The minimum atomic E-state index is -3.54. The number of carboxylic acid groups (broad SMARTS) is 1. The van der Waals surface area contributed by atoms with E-state index in [0.29, 0.717) is 6.42 Å². The Bertz CT molecular complexity index is 853. The fourth-order valence-corrected chi connectivity index (χ4v) is 3.69. The van der Waals surface area contributed by atoms with E-state index in [1.54, 1.807) is 19.1 Å². The molecule has 1 amide bonds. The third-order valence-electron chi connectivity index (χ3n) is 3.24. The number of benzene rings is 1. The molecule has 0 unspecified atom stereocenters. The van der Waals surface area contributed by atoms with Crippen LogP contribution in [0.1, 0.15) is 40.0 Å². The van der Waals surface area contributed by atoms with Crippen molar-refractivity contribution in [2.45, 2.75) is 24.8 Å². The molecule has 1 aromatic carbocycles. The summed E-state index contributed by atoms with van der Waals surface area (Å²) >= 11 is 0. The van der Waals surface area contributed by atoms with Gasteiger partial charge in [-0.3, -0.25) is 4.79 Å². The number of carboxylic acids is 1. The second-order valence-corrected chi connectivity index (χ2v) is 7.15. The molecule has 0 atom stereocenters. The fraction of sp³-hybridized carbons (Fsp3) is 0.250. The van der Waals surface area contributed by atoms with Crippen molar-refractivity contribution in [3.63, 3.8) is 0 Å². The average molecular weight is 351 g/mol. The topological polar surface area (TPSA) is 114 Å². The fourth-order valence-electron chi connectivity index (χ4n) is 2.15. The van der Waals surface area contributed by atoms with E-state index in [0.717, 1.165) is 0 Å². The van der Waals surface area contributed by atoms with Gasteiger partial charge in [-0.1, -0.05) is 19.1 Å². The zero-order chi connectivity index (χ0) is 17.7. The van der Waals surface area contributed by atoms with Gasteiger partial charge in [0.25, 0.3) is 5.91 Å². The molecule has 8 heteroatoms. The van der Waals surface area contributed by atoms with Crippen LogP contribution in [0.4, 0.5) is 0 Å². The van der Waals surface area contributed by atoms with Gasteiger partial charge in [0, 0.05) is 0 Å². The molecule has 0 radical (unpaired) electrons. The first-order valence-electron chi connectivity index (χ1n) is 7.27. The number of carbonyl (C=O) groups is 2. The maximum Gasteiger partial charge on any atom is 0.371 e. The predicted molar refractivity (Wildman–Crippen MR) is 85.6 cm³/mol. The maximum atomic E-state index is 12.3. The van der Waals surface area contributed by atoms with Crippen molar-refractivity contribution in [3.8, 4) is 0 Å². The van der Waals surface area contributed by atoms with E-state index in [-0.39, 0.29) is 34.3 Å². The second-order valence-electron chi connectivity index (χ2n) is 5.07. The van der Waals surface area contributed by atoms with Gasteiger partial charge >= 0.3 is 5.97 Å². The lowest BCUT2D eigenvalue weighted by Crippen LogP contribution is -2.25. The first-order valence-corrected chi connectivity index (χ1v) is 8.92. The molecular formula is C16H17NO6S. The monoisotopic (exact) mass is 351 g/mol. The minimum absolute atomic E-state index is 0.0185. The normalized spacial score (nSPS) is 11.2. The van der Waals surface area contributed by atoms with Gasteiger partial charge in [-0.2, -0.15) is 0 Å². The van der Waals surface area contributed by atoms with Crippen LogP contribution in [0, 0.1) is 0 Å². The smallest absolute Gasteiger partial charge is 0.371 e. The molecule has 7 nitrogen and oxygen atoms in total. The Kier molecular flexibility index (Phi) is 5.40. The van der Waals surface area contributed by atoms with E-state index in [9.17, 15) is 18.0 Å². The van der Waals surface area contributed by atoms with E-state index >= 15 is 0 Å². The Morgan fingerprint density at radius 3 is 2.50 bits per heavy atom. The Hall–Kier alpha value is -2.61. The Labute approximate surface area is 139 Å². The molecule has 1 heterocycles. The summed E-state index contributed by atoms with van der Waals surface area (Å²) in [5.41, 5.74) is 0.0518. The van der Waals surface area contributed by atoms with Crippen molar-refractivity contribution >= 4 is 21.7 Å². The van der Waals surface area contributed by atoms with Crippen LogP contribution in [0.3, 0.4) is 0 Å². The van der Waals surface area contributed by atoms with Gasteiger partial charge in [-0.15, -0.1) is 0 Å². The van der Waals surface area contributed by atoms with Gasteiger partial charge in [0.1, 0.15) is 5.76 Å². The molecule has 2 N–H and O–H groups in total. The van der Waals surface area contributed by atoms with Crippen molar-refractivity contribution in [3.05, 3.63) is 53.5 Å². The summed E-state index contributed by atoms with van der Waals surface area (Å²) in [6.07, 6.45) is 0.447. The van der Waals surface area contributed by atoms with Crippen molar-refractivity contribution in [1.29, 1.82) is 0 Å². The summed E-state index contributed by atoms with van der Waals surface area (Å²) in [6.45, 7) is 1.70. The number of hydrogen-bond acceptors (Lipinski definition) is 5. The molecule has 0 fully saturated rings. The molecule has 0 spiro atoms. The van der Waals surface area contributed by atoms with Gasteiger partial charge in [0.15, 0.2) is 9.84 Å². The van der Waals surface area contributed by atoms with Crippen LogP contribution < -0.4 is 5.32 Å². The largest absolute Gasteiger partial charge is 0.475 e. The molecule has 128 valence electrons. The lowest BCUT2D eigenvalue weighted by Gasteiger charge is -2.10. The lowest BCUT2D eigenvalue weighted by atomic mass is 10.2. The molecule has 0 aliphatic rings. The summed E-state index contributed by atoms with van der Waals surface area (Å²) in [6, 6.07) is 8.69. The molecule has 24 heavy (non-hydrogen) atoms. The van der Waals surface area contributed by atoms with Crippen LogP contribution in [-0.2, 0) is 16.4 Å². The van der Waals surface area contributed by atoms with Crippen molar-refractivity contribution in [2.75, 3.05) is 5.75 Å². The summed E-state index contributed by atoms with van der Waals surface area (Å²) in [5.74, 6) is -1.79. The average Bonchev–Trinajstić information content (AvgIpc) is 3.02. The number of hydrogen-bond donors (Lipinski definition) is 2. The molecule has 0 aliphatic carbocycles. The lowest BCUT2D eigenvalue weighted by molar-refractivity contribution is 0.0660. The van der Waals surface area contributed by atoms with E-state index < -0.39 is 21.7 Å². The number of amides is 1. The van der Waals surface area contributed by atoms with E-state index in [1.807, 2.05) is 0 Å². The molecule has 2 rings (SSSR count). The number of nitrogens with one attached hydrogen (secondary N) is 1. The Balaban J connectivity index is 2.17. The van der Waals surface area contributed by atoms with Crippen LogP contribution in [0.5, 0.6) is 0 Å². The zero-order valence-corrected chi connectivity index (χ0v) is 13.8. The third-order valence-corrected chi connectivity index (χ3v) is 5.21. The molecule has 1 aromatic heterocycles. The predicted octanol–water partition coefficient (Wildman–Crippen LogP) is 2.09. The summed E-state index contributed by atoms with van der Waals surface area (Å²) < 4.78 is 29.5.